The molecule has 0 atom stereocenters. The lowest BCUT2D eigenvalue weighted by Crippen LogP contribution is -2.41. The smallest absolute Gasteiger partial charge is 0.246 e. The molecule has 1 N–H and O–H groups in total. The molecule has 8 heteroatoms. The molecule has 1 fully saturated rings. The van der Waals surface area contributed by atoms with Crippen LogP contribution in [0.1, 0.15) is 31.7 Å². The number of carbonyl (C=O) groups excluding carboxylic acids is 1. The first-order valence-electron chi connectivity index (χ1n) is 9.67. The summed E-state index contributed by atoms with van der Waals surface area (Å²) < 4.78 is 27.2. The fourth-order valence-electron chi connectivity index (χ4n) is 3.50. The molecule has 0 aromatic heterocycles. The van der Waals surface area contributed by atoms with E-state index in [9.17, 15) is 13.2 Å². The van der Waals surface area contributed by atoms with Crippen molar-refractivity contribution in [1.29, 1.82) is 0 Å². The van der Waals surface area contributed by atoms with E-state index in [-0.39, 0.29) is 39.9 Å². The van der Waals surface area contributed by atoms with Gasteiger partial charge in [-0.1, -0.05) is 54.7 Å². The Balaban J connectivity index is 1.62. The molecule has 0 radical (unpaired) electrons. The van der Waals surface area contributed by atoms with Gasteiger partial charge < -0.3 is 5.32 Å². The average Bonchev–Trinajstić information content (AvgIpc) is 2.69. The van der Waals surface area contributed by atoms with E-state index in [0.29, 0.717) is 12.8 Å². The maximum absolute atomic E-state index is 12.9. The minimum Gasteiger partial charge on any atom is -0.326 e. The first kappa shape index (κ1) is 22.1. The van der Waals surface area contributed by atoms with Gasteiger partial charge in [0, 0.05) is 24.7 Å². The second-order valence-electron chi connectivity index (χ2n) is 7.17. The van der Waals surface area contributed by atoms with Crippen molar-refractivity contribution in [3.63, 3.8) is 0 Å². The van der Waals surface area contributed by atoms with E-state index >= 15 is 0 Å². The van der Waals surface area contributed by atoms with Crippen molar-refractivity contribution >= 4 is 44.8 Å². The Morgan fingerprint density at radius 3 is 2.21 bits per heavy atom. The Morgan fingerprint density at radius 2 is 1.66 bits per heavy atom. The predicted octanol–water partition coefficient (Wildman–Crippen LogP) is 4.99. The summed E-state index contributed by atoms with van der Waals surface area (Å²) in [5.74, 6) is -0.320. The maximum Gasteiger partial charge on any atom is 0.246 e. The van der Waals surface area contributed by atoms with E-state index in [1.165, 1.54) is 22.0 Å². The molecular formula is C21H24Cl2N2O3S. The van der Waals surface area contributed by atoms with Crippen LogP contribution in [0.3, 0.4) is 0 Å². The van der Waals surface area contributed by atoms with Crippen LogP contribution >= 0.6 is 23.2 Å². The monoisotopic (exact) mass is 454 g/mol. The van der Waals surface area contributed by atoms with Crippen LogP contribution in [-0.4, -0.2) is 31.7 Å². The van der Waals surface area contributed by atoms with Gasteiger partial charge in [-0.25, -0.2) is 8.42 Å². The Labute approximate surface area is 182 Å². The van der Waals surface area contributed by atoms with Gasteiger partial charge in [0.25, 0.3) is 0 Å². The largest absolute Gasteiger partial charge is 0.326 e. The van der Waals surface area contributed by atoms with Gasteiger partial charge >= 0.3 is 0 Å². The number of benzene rings is 2. The number of rotatable bonds is 6. The zero-order valence-electron chi connectivity index (χ0n) is 16.2. The van der Waals surface area contributed by atoms with Crippen LogP contribution in [0.4, 0.5) is 5.69 Å². The van der Waals surface area contributed by atoms with Crippen molar-refractivity contribution in [3.05, 3.63) is 58.1 Å². The van der Waals surface area contributed by atoms with Crippen LogP contribution in [0.2, 0.25) is 10.0 Å². The Kier molecular flexibility index (Phi) is 7.22. The Bertz CT molecular complexity index is 950. The van der Waals surface area contributed by atoms with Crippen LogP contribution < -0.4 is 5.32 Å². The topological polar surface area (TPSA) is 66.5 Å². The first-order valence-corrected chi connectivity index (χ1v) is 11.9. The minimum atomic E-state index is -3.80. The second-order valence-corrected chi connectivity index (χ2v) is 9.85. The molecule has 29 heavy (non-hydrogen) atoms. The lowest BCUT2D eigenvalue weighted by molar-refractivity contribution is -0.120. The number of anilines is 1. The third-order valence-corrected chi connectivity index (χ3v) is 7.96. The van der Waals surface area contributed by atoms with Crippen LogP contribution in [0.5, 0.6) is 0 Å². The predicted molar refractivity (Wildman–Crippen MR) is 117 cm³/mol. The van der Waals surface area contributed by atoms with Gasteiger partial charge in [0.1, 0.15) is 4.90 Å². The highest BCUT2D eigenvalue weighted by Gasteiger charge is 2.34. The summed E-state index contributed by atoms with van der Waals surface area (Å²) in [6.07, 6.45) is 2.98. The number of nitrogens with one attached hydrogen (secondary N) is 1. The molecule has 2 aromatic carbocycles. The van der Waals surface area contributed by atoms with E-state index in [0.717, 1.165) is 18.5 Å². The summed E-state index contributed by atoms with van der Waals surface area (Å²) in [6.45, 7) is 2.62. The molecule has 156 valence electrons. The van der Waals surface area contributed by atoms with Gasteiger partial charge in [0.15, 0.2) is 0 Å². The zero-order valence-corrected chi connectivity index (χ0v) is 18.5. The molecule has 0 bridgehead atoms. The average molecular weight is 455 g/mol. The van der Waals surface area contributed by atoms with E-state index in [1.54, 1.807) is 6.07 Å². The fraction of sp³-hybridized carbons (Fsp3) is 0.381. The second kappa shape index (κ2) is 9.47. The molecule has 0 spiro atoms. The standard InChI is InChI=1S/C21H24Cl2N2O3S/c1-2-4-15-7-9-17(10-8-15)24-21(26)16-11-13-25(14-12-16)29(27,28)20-18(22)5-3-6-19(20)23/h3,5-10,16H,2,4,11-14H2,1H3,(H,24,26). The van der Waals surface area contributed by atoms with Crippen molar-refractivity contribution in [3.8, 4) is 0 Å². The van der Waals surface area contributed by atoms with Crippen molar-refractivity contribution in [1.82, 2.24) is 4.31 Å². The van der Waals surface area contributed by atoms with Gasteiger partial charge in [-0.15, -0.1) is 0 Å². The number of hydrogen-bond donors (Lipinski definition) is 1. The Hall–Kier alpha value is -1.60. The van der Waals surface area contributed by atoms with Crippen LogP contribution in [0.25, 0.3) is 0 Å². The zero-order chi connectivity index (χ0) is 21.0. The van der Waals surface area contributed by atoms with Crippen LogP contribution in [0, 0.1) is 5.92 Å². The molecule has 0 aliphatic carbocycles. The van der Waals surface area contributed by atoms with Crippen molar-refractivity contribution in [2.45, 2.75) is 37.5 Å². The normalized spacial score (nSPS) is 16.0. The molecule has 1 saturated heterocycles. The molecule has 1 aliphatic rings. The lowest BCUT2D eigenvalue weighted by Gasteiger charge is -2.31. The van der Waals surface area contributed by atoms with Crippen molar-refractivity contribution in [2.75, 3.05) is 18.4 Å². The maximum atomic E-state index is 12.9. The fourth-order valence-corrected chi connectivity index (χ4v) is 6.07. The lowest BCUT2D eigenvalue weighted by atomic mass is 9.97. The summed E-state index contributed by atoms with van der Waals surface area (Å²) in [4.78, 5) is 12.5. The summed E-state index contributed by atoms with van der Waals surface area (Å²) in [6, 6.07) is 12.5. The number of sulfonamides is 1. The SMILES string of the molecule is CCCc1ccc(NC(=O)C2CCN(S(=O)(=O)c3c(Cl)cccc3Cl)CC2)cc1. The van der Waals surface area contributed by atoms with Gasteiger partial charge in [0.2, 0.25) is 15.9 Å². The molecule has 1 heterocycles. The highest BCUT2D eigenvalue weighted by molar-refractivity contribution is 7.89. The highest BCUT2D eigenvalue weighted by Crippen LogP contribution is 2.33. The summed E-state index contributed by atoms with van der Waals surface area (Å²) in [7, 11) is -3.80. The van der Waals surface area contributed by atoms with Gasteiger partial charge in [-0.3, -0.25) is 4.79 Å². The third-order valence-electron chi connectivity index (χ3n) is 5.10. The quantitative estimate of drug-likeness (QED) is 0.668. The molecule has 2 aromatic rings. The summed E-state index contributed by atoms with van der Waals surface area (Å²) >= 11 is 12.2. The van der Waals surface area contributed by atoms with E-state index < -0.39 is 10.0 Å². The van der Waals surface area contributed by atoms with Gasteiger partial charge in [-0.05, 0) is 49.1 Å². The van der Waals surface area contributed by atoms with Crippen molar-refractivity contribution < 1.29 is 13.2 Å². The Morgan fingerprint density at radius 1 is 1.07 bits per heavy atom. The number of hydrogen-bond acceptors (Lipinski definition) is 3. The summed E-state index contributed by atoms with van der Waals surface area (Å²) in [5.41, 5.74) is 2.00. The van der Waals surface area contributed by atoms with Crippen LogP contribution in [0.15, 0.2) is 47.4 Å². The molecule has 0 saturated carbocycles. The summed E-state index contributed by atoms with van der Waals surface area (Å²) in [5, 5.41) is 3.14. The number of piperidine rings is 1. The van der Waals surface area contributed by atoms with Gasteiger partial charge in [0.05, 0.1) is 10.0 Å². The van der Waals surface area contributed by atoms with E-state index in [1.807, 2.05) is 24.3 Å². The van der Waals surface area contributed by atoms with Crippen molar-refractivity contribution in [2.24, 2.45) is 5.92 Å². The van der Waals surface area contributed by atoms with E-state index in [2.05, 4.69) is 12.2 Å². The molecule has 3 rings (SSSR count). The molecular weight excluding hydrogens is 431 g/mol. The minimum absolute atomic E-state index is 0.0709. The number of aryl methyl sites for hydroxylation is 1. The third kappa shape index (κ3) is 5.12. The number of halogens is 2. The number of carbonyl (C=O) groups is 1. The molecule has 1 aliphatic heterocycles. The molecule has 0 unspecified atom stereocenters. The number of amides is 1. The van der Waals surface area contributed by atoms with E-state index in [4.69, 9.17) is 23.2 Å². The highest BCUT2D eigenvalue weighted by atomic mass is 35.5. The molecule has 5 nitrogen and oxygen atoms in total. The first-order chi connectivity index (χ1) is 13.8. The number of nitrogens with zero attached hydrogens (tertiary/aromatic N) is 1. The van der Waals surface area contributed by atoms with Gasteiger partial charge in [-0.2, -0.15) is 4.31 Å². The van der Waals surface area contributed by atoms with Crippen LogP contribution in [-0.2, 0) is 21.2 Å². The molecule has 1 amide bonds.